The first-order valence-electron chi connectivity index (χ1n) is 9.74. The maximum absolute atomic E-state index is 13.5. The fraction of sp³-hybridized carbons (Fsp3) is 0.348. The molecule has 0 radical (unpaired) electrons. The first-order chi connectivity index (χ1) is 14.3. The molecule has 1 aliphatic rings. The molecule has 3 N–H and O–H groups in total. The molecular weight excluding hydrogens is 391 g/mol. The first-order valence-corrected chi connectivity index (χ1v) is 9.74. The second kappa shape index (κ2) is 9.28. The number of aliphatic hydroxyl groups is 2. The highest BCUT2D eigenvalue weighted by molar-refractivity contribution is 5.85. The SMILES string of the molecule is CC(C)c1cc2c(c(-c3ccc(F)cc3)c1C=CC(O)CC(O)CC(=O)O)OCO2. The third kappa shape index (κ3) is 4.98. The number of hydrogen-bond donors (Lipinski definition) is 3. The Bertz CT molecular complexity index is 936. The third-order valence-electron chi connectivity index (χ3n) is 4.90. The Hall–Kier alpha value is -2.90. The number of carboxylic acid groups (broad SMARTS) is 1. The maximum Gasteiger partial charge on any atom is 0.305 e. The van der Waals surface area contributed by atoms with Crippen LogP contribution < -0.4 is 9.47 Å². The summed E-state index contributed by atoms with van der Waals surface area (Å²) in [5, 5.41) is 28.8. The molecular formula is C23H25FO6. The van der Waals surface area contributed by atoms with Gasteiger partial charge in [-0.2, -0.15) is 0 Å². The number of hydrogen-bond acceptors (Lipinski definition) is 5. The summed E-state index contributed by atoms with van der Waals surface area (Å²) >= 11 is 0. The lowest BCUT2D eigenvalue weighted by atomic mass is 9.88. The molecule has 0 saturated heterocycles. The average molecular weight is 416 g/mol. The number of aliphatic carboxylic acids is 1. The van der Waals surface area contributed by atoms with Crippen molar-refractivity contribution in [3.8, 4) is 22.6 Å². The zero-order chi connectivity index (χ0) is 21.8. The Morgan fingerprint density at radius 2 is 1.90 bits per heavy atom. The Morgan fingerprint density at radius 1 is 1.20 bits per heavy atom. The van der Waals surface area contributed by atoms with E-state index in [9.17, 15) is 19.4 Å². The van der Waals surface area contributed by atoms with Crippen LogP contribution in [0.5, 0.6) is 11.5 Å². The highest BCUT2D eigenvalue weighted by Crippen LogP contribution is 2.47. The summed E-state index contributed by atoms with van der Waals surface area (Å²) < 4.78 is 24.8. The fourth-order valence-corrected chi connectivity index (χ4v) is 3.49. The monoisotopic (exact) mass is 416 g/mol. The molecule has 2 aromatic carbocycles. The van der Waals surface area contributed by atoms with Crippen LogP contribution in [0.15, 0.2) is 36.4 Å². The lowest BCUT2D eigenvalue weighted by Crippen LogP contribution is -2.19. The standard InChI is InChI=1S/C23H25FO6/c1-13(2)19-11-20-23(30-12-29-20)22(14-3-5-15(24)6-4-14)18(19)8-7-16(25)9-17(26)10-21(27)28/h3-8,11,13,16-17,25-26H,9-10,12H2,1-2H3,(H,27,28). The van der Waals surface area contributed by atoms with Crippen LogP contribution in [0.3, 0.4) is 0 Å². The molecule has 30 heavy (non-hydrogen) atoms. The van der Waals surface area contributed by atoms with Crippen molar-refractivity contribution in [3.63, 3.8) is 0 Å². The van der Waals surface area contributed by atoms with Crippen molar-refractivity contribution in [1.82, 2.24) is 0 Å². The van der Waals surface area contributed by atoms with Gasteiger partial charge in [0, 0.05) is 12.0 Å². The summed E-state index contributed by atoms with van der Waals surface area (Å²) in [5.74, 6) is -0.214. The number of carboxylic acids is 1. The van der Waals surface area contributed by atoms with Crippen molar-refractivity contribution in [3.05, 3.63) is 53.4 Å². The quantitative estimate of drug-likeness (QED) is 0.603. The molecule has 0 aromatic heterocycles. The molecule has 0 fully saturated rings. The molecule has 2 aromatic rings. The zero-order valence-electron chi connectivity index (χ0n) is 16.8. The third-order valence-corrected chi connectivity index (χ3v) is 4.90. The molecule has 0 spiro atoms. The summed E-state index contributed by atoms with van der Waals surface area (Å²) in [6.07, 6.45) is 0.518. The molecule has 2 atom stereocenters. The van der Waals surface area contributed by atoms with Crippen molar-refractivity contribution < 1.29 is 34.0 Å². The Morgan fingerprint density at radius 3 is 2.53 bits per heavy atom. The minimum absolute atomic E-state index is 0.0816. The molecule has 3 rings (SSSR count). The molecule has 0 aliphatic carbocycles. The largest absolute Gasteiger partial charge is 0.481 e. The van der Waals surface area contributed by atoms with Crippen molar-refractivity contribution in [1.29, 1.82) is 0 Å². The Labute approximate surface area is 174 Å². The lowest BCUT2D eigenvalue weighted by Gasteiger charge is -2.18. The van der Waals surface area contributed by atoms with Gasteiger partial charge in [-0.1, -0.05) is 38.1 Å². The van der Waals surface area contributed by atoms with Gasteiger partial charge in [-0.05, 0) is 40.8 Å². The van der Waals surface area contributed by atoms with Crippen molar-refractivity contribution in [2.75, 3.05) is 6.79 Å². The van der Waals surface area contributed by atoms with Gasteiger partial charge in [0.2, 0.25) is 6.79 Å². The van der Waals surface area contributed by atoms with E-state index in [0.29, 0.717) is 11.5 Å². The summed E-state index contributed by atoms with van der Waals surface area (Å²) in [6.45, 7) is 4.13. The van der Waals surface area contributed by atoms with Gasteiger partial charge < -0.3 is 24.8 Å². The molecule has 7 heteroatoms. The van der Waals surface area contributed by atoms with Gasteiger partial charge in [0.05, 0.1) is 18.6 Å². The first kappa shape index (κ1) is 21.8. The second-order valence-corrected chi connectivity index (χ2v) is 7.56. The minimum Gasteiger partial charge on any atom is -0.481 e. The number of rotatable bonds is 8. The van der Waals surface area contributed by atoms with E-state index in [1.54, 1.807) is 18.2 Å². The van der Waals surface area contributed by atoms with Crippen molar-refractivity contribution >= 4 is 12.0 Å². The van der Waals surface area contributed by atoms with Crippen LogP contribution in [0.2, 0.25) is 0 Å². The van der Waals surface area contributed by atoms with E-state index in [1.807, 2.05) is 19.9 Å². The maximum atomic E-state index is 13.5. The van der Waals surface area contributed by atoms with Crippen LogP contribution in [0.1, 0.15) is 43.7 Å². The number of carbonyl (C=O) groups is 1. The number of halogens is 1. The van der Waals surface area contributed by atoms with Gasteiger partial charge >= 0.3 is 5.97 Å². The molecule has 2 unspecified atom stereocenters. The Balaban J connectivity index is 2.03. The molecule has 0 amide bonds. The van der Waals surface area contributed by atoms with Crippen LogP contribution in [0.25, 0.3) is 17.2 Å². The van der Waals surface area contributed by atoms with Crippen LogP contribution in [0, 0.1) is 5.82 Å². The molecule has 0 saturated carbocycles. The summed E-state index contributed by atoms with van der Waals surface area (Å²) in [5.41, 5.74) is 3.20. The van der Waals surface area contributed by atoms with Crippen molar-refractivity contribution in [2.45, 2.75) is 44.8 Å². The summed E-state index contributed by atoms with van der Waals surface area (Å²) in [4.78, 5) is 10.7. The number of benzene rings is 2. The van der Waals surface area contributed by atoms with Crippen LogP contribution in [-0.4, -0.2) is 40.3 Å². The van der Waals surface area contributed by atoms with Crippen LogP contribution in [-0.2, 0) is 4.79 Å². The van der Waals surface area contributed by atoms with Crippen LogP contribution in [0.4, 0.5) is 4.39 Å². The summed E-state index contributed by atoms with van der Waals surface area (Å²) in [7, 11) is 0. The van der Waals surface area contributed by atoms with E-state index >= 15 is 0 Å². The van der Waals surface area contributed by atoms with Gasteiger partial charge in [0.15, 0.2) is 11.5 Å². The van der Waals surface area contributed by atoms with E-state index in [1.165, 1.54) is 18.2 Å². The highest BCUT2D eigenvalue weighted by atomic mass is 19.1. The van der Waals surface area contributed by atoms with E-state index in [2.05, 4.69) is 0 Å². The fourth-order valence-electron chi connectivity index (χ4n) is 3.49. The molecule has 160 valence electrons. The molecule has 1 aliphatic heterocycles. The van der Waals surface area contributed by atoms with Gasteiger partial charge in [-0.3, -0.25) is 4.79 Å². The second-order valence-electron chi connectivity index (χ2n) is 7.56. The van der Waals surface area contributed by atoms with Gasteiger partial charge in [-0.15, -0.1) is 0 Å². The molecule has 0 bridgehead atoms. The van der Waals surface area contributed by atoms with Crippen LogP contribution >= 0.6 is 0 Å². The van der Waals surface area contributed by atoms with Gasteiger partial charge in [-0.25, -0.2) is 4.39 Å². The number of ether oxygens (including phenoxy) is 2. The van der Waals surface area contributed by atoms with Gasteiger partial charge in [0.25, 0.3) is 0 Å². The van der Waals surface area contributed by atoms with E-state index in [4.69, 9.17) is 14.6 Å². The number of fused-ring (bicyclic) bond motifs is 1. The van der Waals surface area contributed by atoms with E-state index in [0.717, 1.165) is 22.3 Å². The number of aliphatic hydroxyl groups excluding tert-OH is 2. The topological polar surface area (TPSA) is 96.2 Å². The van der Waals surface area contributed by atoms with Gasteiger partial charge in [0.1, 0.15) is 5.82 Å². The predicted octanol–water partition coefficient (Wildman–Crippen LogP) is 3.94. The minimum atomic E-state index is -1.15. The average Bonchev–Trinajstić information content (AvgIpc) is 3.13. The van der Waals surface area contributed by atoms with E-state index in [-0.39, 0.29) is 24.9 Å². The highest BCUT2D eigenvalue weighted by Gasteiger charge is 2.25. The normalized spacial score (nSPS) is 15.0. The zero-order valence-corrected chi connectivity index (χ0v) is 16.8. The molecule has 6 nitrogen and oxygen atoms in total. The molecule has 1 heterocycles. The van der Waals surface area contributed by atoms with Crippen molar-refractivity contribution in [2.24, 2.45) is 0 Å². The lowest BCUT2D eigenvalue weighted by molar-refractivity contribution is -0.139. The summed E-state index contributed by atoms with van der Waals surface area (Å²) in [6, 6.07) is 7.93. The predicted molar refractivity (Wildman–Crippen MR) is 110 cm³/mol. The van der Waals surface area contributed by atoms with E-state index < -0.39 is 24.6 Å². The smallest absolute Gasteiger partial charge is 0.305 e. The Kier molecular flexibility index (Phi) is 6.74.